The second-order valence-corrected chi connectivity index (χ2v) is 5.04. The SMILES string of the molecule is CCC(O)(c1cccc(F)c1)c1cc(C)ccc1C. The molecule has 100 valence electrons. The molecular weight excluding hydrogens is 239 g/mol. The third-order valence-electron chi connectivity index (χ3n) is 3.65. The maximum Gasteiger partial charge on any atom is 0.123 e. The fourth-order valence-electron chi connectivity index (χ4n) is 2.48. The van der Waals surface area contributed by atoms with Crippen molar-refractivity contribution in [1.29, 1.82) is 0 Å². The second-order valence-electron chi connectivity index (χ2n) is 5.04. The molecule has 1 nitrogen and oxygen atoms in total. The molecular formula is C17H19FO. The zero-order valence-corrected chi connectivity index (χ0v) is 11.6. The van der Waals surface area contributed by atoms with E-state index in [1.807, 2.05) is 39.0 Å². The van der Waals surface area contributed by atoms with Crippen LogP contribution in [0.1, 0.15) is 35.6 Å². The summed E-state index contributed by atoms with van der Waals surface area (Å²) < 4.78 is 13.4. The largest absolute Gasteiger partial charge is 0.380 e. The van der Waals surface area contributed by atoms with Crippen LogP contribution in [-0.2, 0) is 5.60 Å². The van der Waals surface area contributed by atoms with Crippen LogP contribution < -0.4 is 0 Å². The zero-order chi connectivity index (χ0) is 14.0. The van der Waals surface area contributed by atoms with E-state index in [0.717, 1.165) is 16.7 Å². The maximum atomic E-state index is 13.4. The Balaban J connectivity index is 2.62. The lowest BCUT2D eigenvalue weighted by atomic mass is 9.81. The van der Waals surface area contributed by atoms with Crippen LogP contribution in [0.15, 0.2) is 42.5 Å². The van der Waals surface area contributed by atoms with Gasteiger partial charge in [-0.1, -0.05) is 42.8 Å². The molecule has 19 heavy (non-hydrogen) atoms. The highest BCUT2D eigenvalue weighted by Crippen LogP contribution is 2.35. The van der Waals surface area contributed by atoms with Crippen LogP contribution in [0.4, 0.5) is 4.39 Å². The van der Waals surface area contributed by atoms with Gasteiger partial charge < -0.3 is 5.11 Å². The van der Waals surface area contributed by atoms with Gasteiger partial charge in [0.15, 0.2) is 0 Å². The molecule has 2 heteroatoms. The molecule has 1 atom stereocenters. The van der Waals surface area contributed by atoms with Gasteiger partial charge in [-0.2, -0.15) is 0 Å². The van der Waals surface area contributed by atoms with Crippen molar-refractivity contribution in [3.05, 3.63) is 70.5 Å². The quantitative estimate of drug-likeness (QED) is 0.879. The van der Waals surface area contributed by atoms with Gasteiger partial charge in [-0.15, -0.1) is 0 Å². The summed E-state index contributed by atoms with van der Waals surface area (Å²) in [6, 6.07) is 12.2. The van der Waals surface area contributed by atoms with Crippen LogP contribution in [0, 0.1) is 19.7 Å². The maximum absolute atomic E-state index is 13.4. The van der Waals surface area contributed by atoms with E-state index in [9.17, 15) is 9.50 Å². The van der Waals surface area contributed by atoms with E-state index in [0.29, 0.717) is 12.0 Å². The van der Waals surface area contributed by atoms with E-state index in [4.69, 9.17) is 0 Å². The molecule has 2 rings (SSSR count). The van der Waals surface area contributed by atoms with E-state index in [1.165, 1.54) is 12.1 Å². The second kappa shape index (κ2) is 5.14. The lowest BCUT2D eigenvalue weighted by Crippen LogP contribution is -2.27. The summed E-state index contributed by atoms with van der Waals surface area (Å²) in [5.41, 5.74) is 2.41. The van der Waals surface area contributed by atoms with Crippen molar-refractivity contribution in [3.63, 3.8) is 0 Å². The van der Waals surface area contributed by atoms with Crippen LogP contribution in [-0.4, -0.2) is 5.11 Å². The Bertz CT molecular complexity index is 592. The number of rotatable bonds is 3. The van der Waals surface area contributed by atoms with Crippen molar-refractivity contribution < 1.29 is 9.50 Å². The Labute approximate surface area is 113 Å². The van der Waals surface area contributed by atoms with E-state index in [-0.39, 0.29) is 5.82 Å². The van der Waals surface area contributed by atoms with Gasteiger partial charge in [0.1, 0.15) is 11.4 Å². The minimum atomic E-state index is -1.14. The summed E-state index contributed by atoms with van der Waals surface area (Å²) >= 11 is 0. The molecule has 2 aromatic carbocycles. The van der Waals surface area contributed by atoms with Crippen LogP contribution in [0.3, 0.4) is 0 Å². The van der Waals surface area contributed by atoms with Crippen molar-refractivity contribution >= 4 is 0 Å². The average Bonchev–Trinajstić information content (AvgIpc) is 2.40. The third kappa shape index (κ3) is 2.54. The molecule has 0 aliphatic heterocycles. The molecule has 1 N–H and O–H groups in total. The Morgan fingerprint density at radius 3 is 2.47 bits per heavy atom. The molecule has 0 saturated carbocycles. The van der Waals surface area contributed by atoms with E-state index in [1.54, 1.807) is 12.1 Å². The molecule has 0 aromatic heterocycles. The summed E-state index contributed by atoms with van der Waals surface area (Å²) in [7, 11) is 0. The molecule has 0 saturated heterocycles. The van der Waals surface area contributed by atoms with Crippen molar-refractivity contribution in [3.8, 4) is 0 Å². The lowest BCUT2D eigenvalue weighted by Gasteiger charge is -2.30. The highest BCUT2D eigenvalue weighted by molar-refractivity contribution is 5.42. The first-order chi connectivity index (χ1) is 8.97. The van der Waals surface area contributed by atoms with Gasteiger partial charge >= 0.3 is 0 Å². The normalized spacial score (nSPS) is 14.2. The van der Waals surface area contributed by atoms with Crippen LogP contribution in [0.5, 0.6) is 0 Å². The van der Waals surface area contributed by atoms with Gasteiger partial charge in [-0.25, -0.2) is 4.39 Å². The smallest absolute Gasteiger partial charge is 0.123 e. The van der Waals surface area contributed by atoms with E-state index >= 15 is 0 Å². The highest BCUT2D eigenvalue weighted by atomic mass is 19.1. The highest BCUT2D eigenvalue weighted by Gasteiger charge is 2.31. The summed E-state index contributed by atoms with van der Waals surface area (Å²) in [6.45, 7) is 5.87. The molecule has 0 aliphatic carbocycles. The van der Waals surface area contributed by atoms with Crippen LogP contribution in [0.2, 0.25) is 0 Å². The van der Waals surface area contributed by atoms with Gasteiger partial charge in [-0.05, 0) is 49.1 Å². The predicted octanol–water partition coefficient (Wildman–Crippen LogP) is 4.09. The number of halogens is 1. The van der Waals surface area contributed by atoms with Gasteiger partial charge in [0.05, 0.1) is 0 Å². The topological polar surface area (TPSA) is 20.2 Å². The van der Waals surface area contributed by atoms with Crippen molar-refractivity contribution in [1.82, 2.24) is 0 Å². The Morgan fingerprint density at radius 2 is 1.84 bits per heavy atom. The molecule has 0 spiro atoms. The lowest BCUT2D eigenvalue weighted by molar-refractivity contribution is 0.0755. The molecule has 1 unspecified atom stereocenters. The first-order valence-electron chi connectivity index (χ1n) is 6.53. The van der Waals surface area contributed by atoms with Gasteiger partial charge in [0, 0.05) is 0 Å². The standard InChI is InChI=1S/C17H19FO/c1-4-17(19,14-6-5-7-15(18)11-14)16-10-12(2)8-9-13(16)3/h5-11,19H,4H2,1-3H3. The van der Waals surface area contributed by atoms with Gasteiger partial charge in [-0.3, -0.25) is 0 Å². The number of benzene rings is 2. The van der Waals surface area contributed by atoms with Crippen molar-refractivity contribution in [2.24, 2.45) is 0 Å². The first kappa shape index (κ1) is 13.8. The summed E-state index contributed by atoms with van der Waals surface area (Å²) in [5.74, 6) is -0.324. The molecule has 2 aromatic rings. The van der Waals surface area contributed by atoms with Gasteiger partial charge in [0.25, 0.3) is 0 Å². The minimum absolute atomic E-state index is 0.324. The number of aliphatic hydroxyl groups is 1. The molecule has 0 aliphatic rings. The van der Waals surface area contributed by atoms with Crippen molar-refractivity contribution in [2.45, 2.75) is 32.8 Å². The molecule has 0 heterocycles. The van der Waals surface area contributed by atoms with E-state index in [2.05, 4.69) is 0 Å². The molecule has 0 bridgehead atoms. The fourth-order valence-corrected chi connectivity index (χ4v) is 2.48. The minimum Gasteiger partial charge on any atom is -0.380 e. The number of hydrogen-bond donors (Lipinski definition) is 1. The fraction of sp³-hybridized carbons (Fsp3) is 0.294. The number of aryl methyl sites for hydroxylation is 2. The monoisotopic (exact) mass is 258 g/mol. The average molecular weight is 258 g/mol. The third-order valence-corrected chi connectivity index (χ3v) is 3.65. The Hall–Kier alpha value is -1.67. The summed E-state index contributed by atoms with van der Waals surface area (Å²) in [4.78, 5) is 0. The van der Waals surface area contributed by atoms with Crippen molar-refractivity contribution in [2.75, 3.05) is 0 Å². The predicted molar refractivity (Wildman–Crippen MR) is 75.6 cm³/mol. The zero-order valence-electron chi connectivity index (χ0n) is 11.6. The molecule has 0 amide bonds. The first-order valence-corrected chi connectivity index (χ1v) is 6.53. The summed E-state index contributed by atoms with van der Waals surface area (Å²) in [6.07, 6.45) is 0.501. The number of hydrogen-bond acceptors (Lipinski definition) is 1. The Kier molecular flexibility index (Phi) is 3.72. The van der Waals surface area contributed by atoms with Crippen LogP contribution in [0.25, 0.3) is 0 Å². The molecule has 0 fully saturated rings. The molecule has 0 radical (unpaired) electrons. The van der Waals surface area contributed by atoms with E-state index < -0.39 is 5.60 Å². The van der Waals surface area contributed by atoms with Crippen LogP contribution >= 0.6 is 0 Å². The summed E-state index contributed by atoms with van der Waals surface area (Å²) in [5, 5.41) is 11.0. The Morgan fingerprint density at radius 1 is 1.11 bits per heavy atom. The van der Waals surface area contributed by atoms with Gasteiger partial charge in [0.2, 0.25) is 0 Å².